The molecule has 2 fully saturated rings. The molecule has 2 aromatic heterocycles. The number of allylic oxidation sites excluding steroid dienone is 1. The minimum atomic E-state index is -0.322. The first-order valence-corrected chi connectivity index (χ1v) is 11.1. The number of aromatic nitrogens is 4. The van der Waals surface area contributed by atoms with Crippen molar-refractivity contribution in [3.05, 3.63) is 60.1 Å². The Bertz CT molecular complexity index is 1160. The number of nitrogen functional groups attached to an aromatic ring is 1. The van der Waals surface area contributed by atoms with Gasteiger partial charge < -0.3 is 20.3 Å². The van der Waals surface area contributed by atoms with Gasteiger partial charge in [0.25, 0.3) is 5.89 Å². The van der Waals surface area contributed by atoms with Gasteiger partial charge in [0.2, 0.25) is 5.95 Å². The molecular formula is C24H27N7O2. The van der Waals surface area contributed by atoms with Crippen molar-refractivity contribution < 1.29 is 9.26 Å². The van der Waals surface area contributed by atoms with Crippen molar-refractivity contribution in [2.45, 2.75) is 38.1 Å². The lowest BCUT2D eigenvalue weighted by Gasteiger charge is -2.27. The summed E-state index contributed by atoms with van der Waals surface area (Å²) in [5.74, 6) is 1.95. The maximum atomic E-state index is 5.62. The summed E-state index contributed by atoms with van der Waals surface area (Å²) < 4.78 is 10.7. The minimum Gasteiger partial charge on any atom is -0.377 e. The molecule has 33 heavy (non-hydrogen) atoms. The number of ether oxygens (including phenoxy) is 1. The van der Waals surface area contributed by atoms with E-state index in [9.17, 15) is 0 Å². The van der Waals surface area contributed by atoms with E-state index in [1.54, 1.807) is 18.7 Å². The van der Waals surface area contributed by atoms with Crippen LogP contribution in [0.5, 0.6) is 0 Å². The van der Waals surface area contributed by atoms with Crippen molar-refractivity contribution in [2.75, 3.05) is 18.9 Å². The predicted octanol–water partition coefficient (Wildman–Crippen LogP) is 3.20. The van der Waals surface area contributed by atoms with E-state index in [1.165, 1.54) is 0 Å². The summed E-state index contributed by atoms with van der Waals surface area (Å²) in [4.78, 5) is 17.3. The van der Waals surface area contributed by atoms with Gasteiger partial charge in [-0.05, 0) is 43.7 Å². The molecule has 1 atom stereocenters. The fraction of sp³-hybridized carbons (Fsp3) is 0.375. The normalized spacial score (nSPS) is 18.8. The van der Waals surface area contributed by atoms with Crippen LogP contribution in [0.25, 0.3) is 16.7 Å². The molecule has 1 saturated heterocycles. The molecule has 2 aliphatic rings. The molecule has 1 aromatic carbocycles. The van der Waals surface area contributed by atoms with Gasteiger partial charge >= 0.3 is 0 Å². The van der Waals surface area contributed by atoms with Gasteiger partial charge in [-0.2, -0.15) is 4.98 Å². The van der Waals surface area contributed by atoms with Crippen molar-refractivity contribution in [2.24, 2.45) is 10.9 Å². The number of nitrogens with one attached hydrogen (secondary N) is 1. The number of rotatable bonds is 8. The molecule has 1 aliphatic heterocycles. The van der Waals surface area contributed by atoms with Gasteiger partial charge in [0.15, 0.2) is 5.82 Å². The van der Waals surface area contributed by atoms with E-state index in [0.717, 1.165) is 35.1 Å². The summed E-state index contributed by atoms with van der Waals surface area (Å²) in [6, 6.07) is 8.66. The van der Waals surface area contributed by atoms with Gasteiger partial charge in [-0.3, -0.25) is 4.99 Å². The number of aliphatic imine (C=N–C) groups is 1. The van der Waals surface area contributed by atoms with E-state index in [2.05, 4.69) is 56.6 Å². The fourth-order valence-corrected chi connectivity index (χ4v) is 3.98. The Morgan fingerprint density at radius 1 is 1.15 bits per heavy atom. The van der Waals surface area contributed by atoms with E-state index >= 15 is 0 Å². The van der Waals surface area contributed by atoms with Gasteiger partial charge in [-0.15, -0.1) is 0 Å². The Kier molecular flexibility index (Phi) is 5.63. The fourth-order valence-electron chi connectivity index (χ4n) is 3.98. The van der Waals surface area contributed by atoms with Crippen molar-refractivity contribution in [3.8, 4) is 11.1 Å². The van der Waals surface area contributed by atoms with Crippen LogP contribution in [0.2, 0.25) is 0 Å². The summed E-state index contributed by atoms with van der Waals surface area (Å²) in [6.45, 7) is 5.50. The third kappa shape index (κ3) is 4.36. The van der Waals surface area contributed by atoms with Crippen LogP contribution in [0.3, 0.4) is 0 Å². The molecule has 1 saturated carbocycles. The number of hydrogen-bond donors (Lipinski definition) is 2. The average Bonchev–Trinajstić information content (AvgIpc) is 3.54. The smallest absolute Gasteiger partial charge is 0.255 e. The highest BCUT2D eigenvalue weighted by atomic mass is 16.5. The lowest BCUT2D eigenvalue weighted by molar-refractivity contribution is 0.0134. The van der Waals surface area contributed by atoms with Crippen LogP contribution in [0.15, 0.2) is 52.4 Å². The van der Waals surface area contributed by atoms with Gasteiger partial charge in [0, 0.05) is 29.7 Å². The third-order valence-electron chi connectivity index (χ3n) is 6.39. The number of hydrogen-bond acceptors (Lipinski definition) is 8. The lowest BCUT2D eigenvalue weighted by atomic mass is 9.76. The Balaban J connectivity index is 1.35. The molecule has 3 aromatic rings. The van der Waals surface area contributed by atoms with E-state index in [1.807, 2.05) is 13.1 Å². The zero-order chi connectivity index (χ0) is 22.8. The molecule has 170 valence electrons. The molecule has 0 amide bonds. The van der Waals surface area contributed by atoms with E-state index < -0.39 is 0 Å². The number of benzene rings is 1. The first kappa shape index (κ1) is 21.3. The van der Waals surface area contributed by atoms with E-state index in [4.69, 9.17) is 20.0 Å². The zero-order valence-corrected chi connectivity index (χ0v) is 18.7. The number of nitrogens with zero attached hydrogens (tertiary/aromatic N) is 5. The van der Waals surface area contributed by atoms with E-state index in [-0.39, 0.29) is 17.4 Å². The Labute approximate surface area is 192 Å². The number of anilines is 1. The lowest BCUT2D eigenvalue weighted by Crippen LogP contribution is -2.32. The highest BCUT2D eigenvalue weighted by molar-refractivity contribution is 5.64. The average molecular weight is 446 g/mol. The SMILES string of the molecule is C/C(=C\NC=NC1COC1)c1nc(C(C)(c2ccc(-c3cnc(N)nc3)cc2)C2CC2)no1. The van der Waals surface area contributed by atoms with Crippen LogP contribution in [-0.2, 0) is 10.2 Å². The largest absolute Gasteiger partial charge is 0.377 e. The van der Waals surface area contributed by atoms with Gasteiger partial charge in [-0.1, -0.05) is 29.4 Å². The van der Waals surface area contributed by atoms with Gasteiger partial charge in [-0.25, -0.2) is 9.97 Å². The molecular weight excluding hydrogens is 418 g/mol. The third-order valence-corrected chi connectivity index (χ3v) is 6.39. The molecule has 1 aliphatic carbocycles. The van der Waals surface area contributed by atoms with Crippen LogP contribution in [0.1, 0.15) is 44.0 Å². The Hall–Kier alpha value is -3.59. The second kappa shape index (κ2) is 8.74. The molecule has 5 rings (SSSR count). The van der Waals surface area contributed by atoms with Gasteiger partial charge in [0.1, 0.15) is 0 Å². The molecule has 0 radical (unpaired) electrons. The quantitative estimate of drug-likeness (QED) is 0.400. The maximum absolute atomic E-state index is 5.62. The first-order valence-electron chi connectivity index (χ1n) is 11.1. The molecule has 9 heteroatoms. The summed E-state index contributed by atoms with van der Waals surface area (Å²) >= 11 is 0. The minimum absolute atomic E-state index is 0.249. The molecule has 9 nitrogen and oxygen atoms in total. The van der Waals surface area contributed by atoms with Crippen molar-refractivity contribution in [1.29, 1.82) is 0 Å². The second-order valence-corrected chi connectivity index (χ2v) is 8.77. The van der Waals surface area contributed by atoms with Crippen LogP contribution < -0.4 is 11.1 Å². The topological polar surface area (TPSA) is 124 Å². The van der Waals surface area contributed by atoms with Crippen LogP contribution in [-0.4, -0.2) is 45.7 Å². The number of nitrogens with two attached hydrogens (primary N) is 1. The van der Waals surface area contributed by atoms with E-state index in [0.29, 0.717) is 30.8 Å². The molecule has 0 spiro atoms. The monoisotopic (exact) mass is 445 g/mol. The van der Waals surface area contributed by atoms with Crippen molar-refractivity contribution in [3.63, 3.8) is 0 Å². The van der Waals surface area contributed by atoms with Crippen LogP contribution in [0.4, 0.5) is 5.95 Å². The standard InChI is InChI=1S/C24H27N7O2/c1-15(9-26-14-29-20-12-32-13-20)21-30-22(31-33-21)24(2,19-7-8-19)18-5-3-16(4-6-18)17-10-27-23(25)28-11-17/h3-6,9-11,14,19-20H,7-8,12-13H2,1-2H3,(H,26,29)(H2,25,27,28)/b15-9+. The highest BCUT2D eigenvalue weighted by Gasteiger charge is 2.47. The van der Waals surface area contributed by atoms with Crippen molar-refractivity contribution >= 4 is 17.9 Å². The highest BCUT2D eigenvalue weighted by Crippen LogP contribution is 2.50. The maximum Gasteiger partial charge on any atom is 0.255 e. The summed E-state index contributed by atoms with van der Waals surface area (Å²) in [5.41, 5.74) is 9.25. The summed E-state index contributed by atoms with van der Waals surface area (Å²) in [7, 11) is 0. The molecule has 3 N–H and O–H groups in total. The second-order valence-electron chi connectivity index (χ2n) is 8.77. The summed E-state index contributed by atoms with van der Waals surface area (Å²) in [6.07, 6.45) is 9.25. The molecule has 1 unspecified atom stereocenters. The molecule has 3 heterocycles. The Morgan fingerprint density at radius 2 is 1.88 bits per heavy atom. The van der Waals surface area contributed by atoms with Crippen LogP contribution in [0, 0.1) is 5.92 Å². The zero-order valence-electron chi connectivity index (χ0n) is 18.7. The summed E-state index contributed by atoms with van der Waals surface area (Å²) in [5, 5.41) is 7.45. The predicted molar refractivity (Wildman–Crippen MR) is 125 cm³/mol. The van der Waals surface area contributed by atoms with Crippen LogP contribution >= 0.6 is 0 Å². The molecule has 0 bridgehead atoms. The van der Waals surface area contributed by atoms with Crippen molar-refractivity contribution in [1.82, 2.24) is 25.4 Å². The first-order chi connectivity index (χ1) is 16.0. The Morgan fingerprint density at radius 3 is 2.52 bits per heavy atom. The van der Waals surface area contributed by atoms with Gasteiger partial charge in [0.05, 0.1) is 31.0 Å².